The van der Waals surface area contributed by atoms with Crippen molar-refractivity contribution in [2.24, 2.45) is 0 Å². The molecule has 0 aliphatic rings. The first-order chi connectivity index (χ1) is 12.2. The normalized spacial score (nSPS) is 11.6. The number of oxazole rings is 1. The summed E-state index contributed by atoms with van der Waals surface area (Å²) < 4.78 is 31.8. The summed E-state index contributed by atoms with van der Waals surface area (Å²) >= 11 is 12.1. The molecular formula is C18H16Cl2N2O3S. The van der Waals surface area contributed by atoms with Gasteiger partial charge in [0.05, 0.1) is 15.5 Å². The molecule has 3 aromatic rings. The minimum absolute atomic E-state index is 0.112. The topological polar surface area (TPSA) is 63.4 Å². The summed E-state index contributed by atoms with van der Waals surface area (Å²) in [5, 5.41) is 0.626. The number of benzene rings is 2. The van der Waals surface area contributed by atoms with E-state index in [4.69, 9.17) is 27.6 Å². The van der Waals surface area contributed by atoms with E-state index in [1.54, 1.807) is 61.5 Å². The van der Waals surface area contributed by atoms with Crippen molar-refractivity contribution in [1.82, 2.24) is 4.98 Å². The lowest BCUT2D eigenvalue weighted by Gasteiger charge is -2.10. The van der Waals surface area contributed by atoms with Crippen LogP contribution in [0.1, 0.15) is 5.56 Å². The van der Waals surface area contributed by atoms with Crippen LogP contribution in [0.25, 0.3) is 11.5 Å². The average Bonchev–Trinajstić information content (AvgIpc) is 3.01. The van der Waals surface area contributed by atoms with Crippen LogP contribution in [0.3, 0.4) is 0 Å². The molecule has 0 fully saturated rings. The first kappa shape index (κ1) is 18.8. The van der Waals surface area contributed by atoms with Gasteiger partial charge in [0.25, 0.3) is 0 Å². The lowest BCUT2D eigenvalue weighted by molar-refractivity contribution is 0.564. The predicted octanol–water partition coefficient (Wildman–Crippen LogP) is 4.86. The molecule has 2 aromatic carbocycles. The van der Waals surface area contributed by atoms with E-state index in [1.807, 2.05) is 6.92 Å². The van der Waals surface area contributed by atoms with Gasteiger partial charge in [0.15, 0.2) is 0 Å². The van der Waals surface area contributed by atoms with Gasteiger partial charge in [-0.2, -0.15) is 4.98 Å². The lowest BCUT2D eigenvalue weighted by Crippen LogP contribution is -2.13. The van der Waals surface area contributed by atoms with Gasteiger partial charge in [-0.25, -0.2) is 8.42 Å². The number of hydrogen-bond donors (Lipinski definition) is 0. The van der Waals surface area contributed by atoms with Gasteiger partial charge in [0.1, 0.15) is 0 Å². The number of aromatic nitrogens is 1. The van der Waals surface area contributed by atoms with Crippen molar-refractivity contribution in [3.63, 3.8) is 0 Å². The molecular weight excluding hydrogens is 395 g/mol. The Hall–Kier alpha value is -2.02. The smallest absolute Gasteiger partial charge is 0.235 e. The van der Waals surface area contributed by atoms with E-state index in [0.29, 0.717) is 15.6 Å². The Morgan fingerprint density at radius 2 is 1.69 bits per heavy atom. The minimum atomic E-state index is -3.86. The van der Waals surface area contributed by atoms with Crippen molar-refractivity contribution in [2.45, 2.75) is 16.8 Å². The maximum Gasteiger partial charge on any atom is 0.235 e. The zero-order valence-corrected chi connectivity index (χ0v) is 16.7. The van der Waals surface area contributed by atoms with E-state index in [0.717, 1.165) is 5.56 Å². The number of hydrogen-bond acceptors (Lipinski definition) is 5. The van der Waals surface area contributed by atoms with E-state index >= 15 is 0 Å². The van der Waals surface area contributed by atoms with Crippen LogP contribution < -0.4 is 4.90 Å². The van der Waals surface area contributed by atoms with Gasteiger partial charge in [-0.15, -0.1) is 0 Å². The van der Waals surface area contributed by atoms with Gasteiger partial charge >= 0.3 is 0 Å². The van der Waals surface area contributed by atoms with Crippen LogP contribution in [0.5, 0.6) is 0 Å². The Kier molecular flexibility index (Phi) is 5.01. The van der Waals surface area contributed by atoms with Gasteiger partial charge in [-0.05, 0) is 37.3 Å². The Bertz CT molecular complexity index is 1060. The first-order valence-corrected chi connectivity index (χ1v) is 9.89. The Morgan fingerprint density at radius 1 is 1.04 bits per heavy atom. The Labute approximate surface area is 162 Å². The van der Waals surface area contributed by atoms with E-state index < -0.39 is 9.84 Å². The number of aryl methyl sites for hydroxylation is 1. The van der Waals surface area contributed by atoms with Gasteiger partial charge in [0, 0.05) is 19.1 Å². The molecule has 8 heteroatoms. The molecule has 0 radical (unpaired) electrons. The second kappa shape index (κ2) is 6.95. The Morgan fingerprint density at radius 3 is 2.27 bits per heavy atom. The maximum absolute atomic E-state index is 13.1. The van der Waals surface area contributed by atoms with Crippen LogP contribution in [-0.4, -0.2) is 27.5 Å². The molecule has 0 amide bonds. The van der Waals surface area contributed by atoms with E-state index in [2.05, 4.69) is 4.98 Å². The standard InChI is InChI=1S/C18H16Cl2N2O3S/c1-11-4-7-13(8-5-11)26(23,24)17-18(22(2)3)25-16(21-17)14-9-6-12(19)10-15(14)20/h4-10H,1-3H3. The van der Waals surface area contributed by atoms with Crippen molar-refractivity contribution in [1.29, 1.82) is 0 Å². The number of halogens is 2. The van der Waals surface area contributed by atoms with Crippen molar-refractivity contribution in [3.8, 4) is 11.5 Å². The lowest BCUT2D eigenvalue weighted by atomic mass is 10.2. The van der Waals surface area contributed by atoms with E-state index in [1.165, 1.54) is 0 Å². The molecule has 1 aromatic heterocycles. The molecule has 5 nitrogen and oxygen atoms in total. The summed E-state index contributed by atoms with van der Waals surface area (Å²) in [6.07, 6.45) is 0. The summed E-state index contributed by atoms with van der Waals surface area (Å²) in [6, 6.07) is 11.4. The van der Waals surface area contributed by atoms with Gasteiger partial charge < -0.3 is 9.32 Å². The molecule has 0 aliphatic heterocycles. The van der Waals surface area contributed by atoms with Crippen LogP contribution in [0.4, 0.5) is 5.88 Å². The van der Waals surface area contributed by atoms with Crippen LogP contribution in [0.2, 0.25) is 10.0 Å². The van der Waals surface area contributed by atoms with Gasteiger partial charge in [0.2, 0.25) is 26.6 Å². The van der Waals surface area contributed by atoms with Crippen LogP contribution >= 0.6 is 23.2 Å². The summed E-state index contributed by atoms with van der Waals surface area (Å²) in [5.74, 6) is 0.243. The zero-order valence-electron chi connectivity index (χ0n) is 14.3. The predicted molar refractivity (Wildman–Crippen MR) is 103 cm³/mol. The number of anilines is 1. The number of nitrogens with zero attached hydrogens (tertiary/aromatic N) is 2. The third-order valence-corrected chi connectivity index (χ3v) is 5.95. The molecule has 0 spiro atoms. The fraction of sp³-hybridized carbons (Fsp3) is 0.167. The van der Waals surface area contributed by atoms with Crippen LogP contribution in [0, 0.1) is 6.92 Å². The molecule has 0 saturated heterocycles. The third kappa shape index (κ3) is 3.45. The van der Waals surface area contributed by atoms with Crippen LogP contribution in [0.15, 0.2) is 56.8 Å². The molecule has 0 aliphatic carbocycles. The molecule has 136 valence electrons. The van der Waals surface area contributed by atoms with Crippen molar-refractivity contribution in [2.75, 3.05) is 19.0 Å². The van der Waals surface area contributed by atoms with E-state index in [-0.39, 0.29) is 21.7 Å². The number of rotatable bonds is 4. The molecule has 0 saturated carbocycles. The fourth-order valence-corrected chi connectivity index (χ4v) is 4.23. The molecule has 3 rings (SSSR count). The van der Waals surface area contributed by atoms with Crippen molar-refractivity contribution >= 4 is 38.9 Å². The molecule has 26 heavy (non-hydrogen) atoms. The molecule has 1 heterocycles. The second-order valence-corrected chi connectivity index (χ2v) is 8.67. The highest BCUT2D eigenvalue weighted by molar-refractivity contribution is 7.91. The highest BCUT2D eigenvalue weighted by Gasteiger charge is 2.30. The first-order valence-electron chi connectivity index (χ1n) is 7.65. The molecule has 0 atom stereocenters. The third-order valence-electron chi connectivity index (χ3n) is 3.73. The highest BCUT2D eigenvalue weighted by Crippen LogP contribution is 2.36. The second-order valence-electron chi connectivity index (χ2n) is 5.96. The van der Waals surface area contributed by atoms with E-state index in [9.17, 15) is 8.42 Å². The SMILES string of the molecule is Cc1ccc(S(=O)(=O)c2nc(-c3ccc(Cl)cc3Cl)oc2N(C)C)cc1. The molecule has 0 unspecified atom stereocenters. The zero-order chi connectivity index (χ0) is 19.1. The Balaban J connectivity index is 2.18. The molecule has 0 N–H and O–H groups in total. The fourth-order valence-electron chi connectivity index (χ4n) is 2.36. The summed E-state index contributed by atoms with van der Waals surface area (Å²) in [4.78, 5) is 5.94. The summed E-state index contributed by atoms with van der Waals surface area (Å²) in [6.45, 7) is 1.89. The maximum atomic E-state index is 13.1. The number of sulfone groups is 1. The van der Waals surface area contributed by atoms with Crippen molar-refractivity contribution < 1.29 is 12.8 Å². The summed E-state index contributed by atoms with van der Waals surface area (Å²) in [5.41, 5.74) is 1.43. The van der Waals surface area contributed by atoms with Gasteiger partial charge in [-0.1, -0.05) is 40.9 Å². The largest absolute Gasteiger partial charge is 0.419 e. The van der Waals surface area contributed by atoms with Crippen LogP contribution in [-0.2, 0) is 9.84 Å². The minimum Gasteiger partial charge on any atom is -0.419 e. The quantitative estimate of drug-likeness (QED) is 0.614. The van der Waals surface area contributed by atoms with Gasteiger partial charge in [-0.3, -0.25) is 0 Å². The highest BCUT2D eigenvalue weighted by atomic mass is 35.5. The van der Waals surface area contributed by atoms with Crippen molar-refractivity contribution in [3.05, 3.63) is 58.1 Å². The average molecular weight is 411 g/mol. The monoisotopic (exact) mass is 410 g/mol. The summed E-state index contributed by atoms with van der Waals surface area (Å²) in [7, 11) is -0.490. The molecule has 0 bridgehead atoms.